The van der Waals surface area contributed by atoms with E-state index in [-0.39, 0.29) is 5.69 Å². The van der Waals surface area contributed by atoms with E-state index in [9.17, 15) is 4.79 Å². The fourth-order valence-electron chi connectivity index (χ4n) is 1.23. The summed E-state index contributed by atoms with van der Waals surface area (Å²) >= 11 is 2.21. The number of pyridine rings is 1. The number of primary amides is 1. The minimum Gasteiger partial charge on any atom is -0.439 e. The molecule has 1 aromatic carbocycles. The number of carbonyl (C=O) groups is 1. The van der Waals surface area contributed by atoms with Crippen LogP contribution in [0.3, 0.4) is 0 Å². The molecule has 2 rings (SSSR count). The van der Waals surface area contributed by atoms with Crippen molar-refractivity contribution in [2.75, 3.05) is 0 Å². The van der Waals surface area contributed by atoms with E-state index in [1.54, 1.807) is 18.2 Å². The molecule has 0 atom stereocenters. The monoisotopic (exact) mass is 340 g/mol. The Labute approximate surface area is 112 Å². The molecule has 1 heterocycles. The van der Waals surface area contributed by atoms with Gasteiger partial charge in [-0.2, -0.15) is 0 Å². The molecular weight excluding hydrogens is 331 g/mol. The van der Waals surface area contributed by atoms with Crippen molar-refractivity contribution in [1.29, 1.82) is 0 Å². The zero-order valence-corrected chi connectivity index (χ0v) is 10.9. The van der Waals surface area contributed by atoms with Crippen LogP contribution in [0.5, 0.6) is 11.6 Å². The number of aromatic nitrogens is 1. The first kappa shape index (κ1) is 11.8. The molecule has 86 valence electrons. The SMILES string of the molecule is NC(=O)c1cccc(Oc2ccc(I)cc2)n1. The fourth-order valence-corrected chi connectivity index (χ4v) is 1.59. The van der Waals surface area contributed by atoms with Crippen LogP contribution >= 0.6 is 22.6 Å². The van der Waals surface area contributed by atoms with Crippen molar-refractivity contribution >= 4 is 28.5 Å². The van der Waals surface area contributed by atoms with Crippen LogP contribution in [0, 0.1) is 3.57 Å². The van der Waals surface area contributed by atoms with Gasteiger partial charge in [0.25, 0.3) is 5.91 Å². The van der Waals surface area contributed by atoms with Gasteiger partial charge in [0.1, 0.15) is 11.4 Å². The van der Waals surface area contributed by atoms with E-state index in [2.05, 4.69) is 27.6 Å². The molecule has 0 aliphatic heterocycles. The van der Waals surface area contributed by atoms with Crippen LogP contribution in [0.25, 0.3) is 0 Å². The molecule has 0 aliphatic rings. The summed E-state index contributed by atoms with van der Waals surface area (Å²) in [4.78, 5) is 14.9. The number of hydrogen-bond acceptors (Lipinski definition) is 3. The average Bonchev–Trinajstić information content (AvgIpc) is 2.32. The standard InChI is InChI=1S/C12H9IN2O2/c13-8-4-6-9(7-5-8)17-11-3-1-2-10(15-11)12(14)16/h1-7H,(H2,14,16). The summed E-state index contributed by atoms with van der Waals surface area (Å²) < 4.78 is 6.62. The van der Waals surface area contributed by atoms with Gasteiger partial charge >= 0.3 is 0 Å². The largest absolute Gasteiger partial charge is 0.439 e. The van der Waals surface area contributed by atoms with Crippen molar-refractivity contribution in [3.8, 4) is 11.6 Å². The first-order valence-electron chi connectivity index (χ1n) is 4.85. The van der Waals surface area contributed by atoms with Gasteiger partial charge in [0, 0.05) is 9.64 Å². The molecule has 0 fully saturated rings. The lowest BCUT2D eigenvalue weighted by Gasteiger charge is -2.05. The highest BCUT2D eigenvalue weighted by atomic mass is 127. The maximum absolute atomic E-state index is 11.0. The van der Waals surface area contributed by atoms with Gasteiger partial charge in [-0.3, -0.25) is 4.79 Å². The van der Waals surface area contributed by atoms with E-state index in [0.717, 1.165) is 3.57 Å². The number of nitrogens with zero attached hydrogens (tertiary/aromatic N) is 1. The van der Waals surface area contributed by atoms with Crippen LogP contribution in [0.15, 0.2) is 42.5 Å². The second kappa shape index (κ2) is 5.13. The molecular formula is C12H9IN2O2. The average molecular weight is 340 g/mol. The van der Waals surface area contributed by atoms with E-state index in [0.29, 0.717) is 11.6 Å². The summed E-state index contributed by atoms with van der Waals surface area (Å²) in [5.41, 5.74) is 5.33. The lowest BCUT2D eigenvalue weighted by atomic mass is 10.3. The summed E-state index contributed by atoms with van der Waals surface area (Å²) in [6.07, 6.45) is 0. The van der Waals surface area contributed by atoms with E-state index in [1.807, 2.05) is 24.3 Å². The Morgan fingerprint density at radius 1 is 1.18 bits per heavy atom. The molecule has 1 aromatic heterocycles. The van der Waals surface area contributed by atoms with Gasteiger partial charge < -0.3 is 10.5 Å². The summed E-state index contributed by atoms with van der Waals surface area (Å²) in [5, 5.41) is 0. The first-order chi connectivity index (χ1) is 8.15. The molecule has 0 spiro atoms. The van der Waals surface area contributed by atoms with Gasteiger partial charge in [0.05, 0.1) is 0 Å². The molecule has 4 nitrogen and oxygen atoms in total. The second-order valence-corrected chi connectivity index (χ2v) is 4.53. The van der Waals surface area contributed by atoms with Crippen LogP contribution < -0.4 is 10.5 Å². The van der Waals surface area contributed by atoms with Crippen LogP contribution in [0.4, 0.5) is 0 Å². The summed E-state index contributed by atoms with van der Waals surface area (Å²) in [5.74, 6) is 0.445. The third-order valence-corrected chi connectivity index (χ3v) is 2.73. The number of nitrogens with two attached hydrogens (primary N) is 1. The van der Waals surface area contributed by atoms with Crippen molar-refractivity contribution in [2.45, 2.75) is 0 Å². The molecule has 0 radical (unpaired) electrons. The minimum absolute atomic E-state index is 0.188. The maximum atomic E-state index is 11.0. The minimum atomic E-state index is -0.571. The van der Waals surface area contributed by atoms with Crippen molar-refractivity contribution < 1.29 is 9.53 Å². The van der Waals surface area contributed by atoms with E-state index < -0.39 is 5.91 Å². The quantitative estimate of drug-likeness (QED) is 0.874. The molecule has 1 amide bonds. The predicted molar refractivity (Wildman–Crippen MR) is 72.0 cm³/mol. The summed E-state index contributed by atoms with van der Waals surface area (Å²) in [7, 11) is 0. The smallest absolute Gasteiger partial charge is 0.267 e. The molecule has 0 unspecified atom stereocenters. The van der Waals surface area contributed by atoms with Crippen molar-refractivity contribution in [3.63, 3.8) is 0 Å². The van der Waals surface area contributed by atoms with E-state index >= 15 is 0 Å². The van der Waals surface area contributed by atoms with Gasteiger partial charge in [-0.25, -0.2) is 4.98 Å². The Hall–Kier alpha value is -1.63. The zero-order chi connectivity index (χ0) is 12.3. The molecule has 0 saturated heterocycles. The lowest BCUT2D eigenvalue weighted by molar-refractivity contribution is 0.0995. The number of amides is 1. The fraction of sp³-hybridized carbons (Fsp3) is 0. The topological polar surface area (TPSA) is 65.2 Å². The highest BCUT2D eigenvalue weighted by Gasteiger charge is 2.04. The van der Waals surface area contributed by atoms with Gasteiger partial charge in [0.15, 0.2) is 0 Å². The Bertz CT molecular complexity index is 540. The van der Waals surface area contributed by atoms with Gasteiger partial charge in [-0.05, 0) is 52.9 Å². The molecule has 0 aliphatic carbocycles. The van der Waals surface area contributed by atoms with Crippen molar-refractivity contribution in [1.82, 2.24) is 4.98 Å². The zero-order valence-electron chi connectivity index (χ0n) is 8.76. The van der Waals surface area contributed by atoms with Crippen LogP contribution in [-0.2, 0) is 0 Å². The molecule has 5 heteroatoms. The number of benzene rings is 1. The Balaban J connectivity index is 2.21. The molecule has 0 saturated carbocycles. The highest BCUT2D eigenvalue weighted by molar-refractivity contribution is 14.1. The number of ether oxygens (including phenoxy) is 1. The first-order valence-corrected chi connectivity index (χ1v) is 5.93. The Morgan fingerprint density at radius 2 is 1.88 bits per heavy atom. The van der Waals surface area contributed by atoms with Gasteiger partial charge in [-0.15, -0.1) is 0 Å². The molecule has 0 bridgehead atoms. The lowest BCUT2D eigenvalue weighted by Crippen LogP contribution is -2.12. The van der Waals surface area contributed by atoms with Crippen LogP contribution in [0.1, 0.15) is 10.5 Å². The number of halogens is 1. The predicted octanol–water partition coefficient (Wildman–Crippen LogP) is 2.58. The van der Waals surface area contributed by atoms with E-state index in [1.165, 1.54) is 0 Å². The number of rotatable bonds is 3. The molecule has 2 N–H and O–H groups in total. The Morgan fingerprint density at radius 3 is 2.53 bits per heavy atom. The normalized spacial score (nSPS) is 9.94. The third-order valence-electron chi connectivity index (χ3n) is 2.01. The van der Waals surface area contributed by atoms with Crippen LogP contribution in [-0.4, -0.2) is 10.9 Å². The molecule has 2 aromatic rings. The highest BCUT2D eigenvalue weighted by Crippen LogP contribution is 2.20. The number of hydrogen-bond donors (Lipinski definition) is 1. The summed E-state index contributed by atoms with van der Waals surface area (Å²) in [6.45, 7) is 0. The summed E-state index contributed by atoms with van der Waals surface area (Å²) in [6, 6.07) is 12.4. The van der Waals surface area contributed by atoms with E-state index in [4.69, 9.17) is 10.5 Å². The molecule has 17 heavy (non-hydrogen) atoms. The van der Waals surface area contributed by atoms with Gasteiger partial charge in [0.2, 0.25) is 5.88 Å². The maximum Gasteiger partial charge on any atom is 0.267 e. The van der Waals surface area contributed by atoms with Crippen molar-refractivity contribution in [2.24, 2.45) is 5.73 Å². The van der Waals surface area contributed by atoms with Crippen LogP contribution in [0.2, 0.25) is 0 Å². The van der Waals surface area contributed by atoms with Gasteiger partial charge in [-0.1, -0.05) is 6.07 Å². The third kappa shape index (κ3) is 3.16. The Kier molecular flexibility index (Phi) is 3.58. The second-order valence-electron chi connectivity index (χ2n) is 3.28. The van der Waals surface area contributed by atoms with Crippen molar-refractivity contribution in [3.05, 3.63) is 51.7 Å². The number of carbonyl (C=O) groups excluding carboxylic acids is 1.